The van der Waals surface area contributed by atoms with Crippen LogP contribution in [0.2, 0.25) is 0 Å². The predicted molar refractivity (Wildman–Crippen MR) is 91.5 cm³/mol. The zero-order valence-electron chi connectivity index (χ0n) is 13.0. The monoisotopic (exact) mass is 311 g/mol. The highest BCUT2D eigenvalue weighted by molar-refractivity contribution is 5.84. The van der Waals surface area contributed by atoms with Gasteiger partial charge in [0.25, 0.3) is 0 Å². The first-order valence-electron chi connectivity index (χ1n) is 7.54. The molecule has 24 heavy (non-hydrogen) atoms. The van der Waals surface area contributed by atoms with Gasteiger partial charge in [0.15, 0.2) is 5.82 Å². The topological polar surface area (TPSA) is 67.4 Å². The molecule has 0 aliphatic carbocycles. The molecule has 4 rings (SSSR count). The first kappa shape index (κ1) is 14.1. The summed E-state index contributed by atoms with van der Waals surface area (Å²) in [6.45, 7) is 1.96. The van der Waals surface area contributed by atoms with E-state index in [4.69, 9.17) is 5.26 Å². The lowest BCUT2D eigenvalue weighted by Gasteiger charge is -2.05. The van der Waals surface area contributed by atoms with Crippen LogP contribution in [0.5, 0.6) is 0 Å². The molecule has 1 aromatic carbocycles. The molecule has 114 valence electrons. The molecule has 3 heterocycles. The van der Waals surface area contributed by atoms with Crippen molar-refractivity contribution in [1.29, 1.82) is 5.26 Å². The van der Waals surface area contributed by atoms with E-state index in [9.17, 15) is 0 Å². The van der Waals surface area contributed by atoms with E-state index in [1.165, 1.54) is 0 Å². The number of pyridine rings is 2. The quantitative estimate of drug-likeness (QED) is 0.566. The number of hydrogen-bond donors (Lipinski definition) is 0. The van der Waals surface area contributed by atoms with Crippen LogP contribution < -0.4 is 0 Å². The molecule has 0 amide bonds. The number of nitriles is 1. The Hall–Kier alpha value is -3.52. The van der Waals surface area contributed by atoms with Crippen LogP contribution in [0, 0.1) is 18.3 Å². The second-order valence-electron chi connectivity index (χ2n) is 5.49. The highest BCUT2D eigenvalue weighted by Gasteiger charge is 2.09. The SMILES string of the molecule is Cc1cccc(-n2ncc3ccc(-c4cccc(C#N)n4)cc32)n1. The minimum Gasteiger partial charge on any atom is -0.237 e. The van der Waals surface area contributed by atoms with Crippen molar-refractivity contribution in [2.45, 2.75) is 6.92 Å². The minimum absolute atomic E-state index is 0.404. The van der Waals surface area contributed by atoms with E-state index in [1.54, 1.807) is 6.07 Å². The molecule has 0 unspecified atom stereocenters. The standard InChI is InChI=1S/C19H13N5/c1-13-4-2-7-19(22-13)24-18-10-14(8-9-15(18)12-21-24)17-6-3-5-16(11-20)23-17/h2-10,12H,1H3. The molecule has 0 radical (unpaired) electrons. The number of aryl methyl sites for hydroxylation is 1. The molecule has 0 atom stereocenters. The molecule has 0 aliphatic heterocycles. The van der Waals surface area contributed by atoms with Gasteiger partial charge in [0, 0.05) is 16.6 Å². The third-order valence-corrected chi connectivity index (χ3v) is 3.82. The average Bonchev–Trinajstić information content (AvgIpc) is 3.05. The minimum atomic E-state index is 0.404. The Morgan fingerprint density at radius 1 is 1.00 bits per heavy atom. The third kappa shape index (κ3) is 2.40. The van der Waals surface area contributed by atoms with Crippen molar-refractivity contribution in [3.8, 4) is 23.1 Å². The smallest absolute Gasteiger partial charge is 0.154 e. The molecule has 4 aromatic rings. The normalized spacial score (nSPS) is 10.7. The van der Waals surface area contributed by atoms with Crippen molar-refractivity contribution >= 4 is 10.9 Å². The van der Waals surface area contributed by atoms with E-state index in [2.05, 4.69) is 21.1 Å². The average molecular weight is 311 g/mol. The van der Waals surface area contributed by atoms with Gasteiger partial charge in [-0.05, 0) is 37.3 Å². The lowest BCUT2D eigenvalue weighted by molar-refractivity contribution is 0.867. The Morgan fingerprint density at radius 3 is 2.71 bits per heavy atom. The highest BCUT2D eigenvalue weighted by atomic mass is 15.3. The van der Waals surface area contributed by atoms with Gasteiger partial charge >= 0.3 is 0 Å². The fraction of sp³-hybridized carbons (Fsp3) is 0.0526. The van der Waals surface area contributed by atoms with Gasteiger partial charge in [-0.2, -0.15) is 10.4 Å². The number of rotatable bonds is 2. The Labute approximate surface area is 138 Å². The molecule has 0 bridgehead atoms. The first-order chi connectivity index (χ1) is 11.7. The predicted octanol–water partition coefficient (Wildman–Crippen LogP) is 3.66. The van der Waals surface area contributed by atoms with Gasteiger partial charge in [-0.3, -0.25) is 0 Å². The van der Waals surface area contributed by atoms with Gasteiger partial charge < -0.3 is 0 Å². The molecular weight excluding hydrogens is 298 g/mol. The largest absolute Gasteiger partial charge is 0.237 e. The molecule has 0 N–H and O–H groups in total. The summed E-state index contributed by atoms with van der Waals surface area (Å²) in [4.78, 5) is 8.90. The van der Waals surface area contributed by atoms with E-state index in [0.717, 1.165) is 33.7 Å². The molecule has 5 heteroatoms. The van der Waals surface area contributed by atoms with E-state index in [-0.39, 0.29) is 0 Å². The summed E-state index contributed by atoms with van der Waals surface area (Å²) < 4.78 is 1.82. The van der Waals surface area contributed by atoms with Gasteiger partial charge in [0.05, 0.1) is 17.4 Å². The van der Waals surface area contributed by atoms with Gasteiger partial charge in [-0.25, -0.2) is 14.6 Å². The first-order valence-corrected chi connectivity index (χ1v) is 7.54. The summed E-state index contributed by atoms with van der Waals surface area (Å²) in [7, 11) is 0. The molecule has 0 fully saturated rings. The van der Waals surface area contributed by atoms with Gasteiger partial charge in [-0.15, -0.1) is 0 Å². The molecule has 3 aromatic heterocycles. The summed E-state index contributed by atoms with van der Waals surface area (Å²) in [6, 6.07) is 19.4. The zero-order valence-corrected chi connectivity index (χ0v) is 13.0. The van der Waals surface area contributed by atoms with E-state index >= 15 is 0 Å². The summed E-state index contributed by atoms with van der Waals surface area (Å²) in [5.41, 5.74) is 4.00. The van der Waals surface area contributed by atoms with Gasteiger partial charge in [0.1, 0.15) is 11.8 Å². The Morgan fingerprint density at radius 2 is 1.88 bits per heavy atom. The van der Waals surface area contributed by atoms with Crippen molar-refractivity contribution in [2.75, 3.05) is 0 Å². The van der Waals surface area contributed by atoms with Crippen molar-refractivity contribution < 1.29 is 0 Å². The molecule has 0 spiro atoms. The Bertz CT molecular complexity index is 1090. The Kier molecular flexibility index (Phi) is 3.29. The second kappa shape index (κ2) is 5.60. The van der Waals surface area contributed by atoms with Crippen LogP contribution in [-0.2, 0) is 0 Å². The second-order valence-corrected chi connectivity index (χ2v) is 5.49. The summed E-state index contributed by atoms with van der Waals surface area (Å²) >= 11 is 0. The third-order valence-electron chi connectivity index (χ3n) is 3.82. The molecular formula is C19H13N5. The lowest BCUT2D eigenvalue weighted by atomic mass is 10.1. The van der Waals surface area contributed by atoms with Gasteiger partial charge in [0.2, 0.25) is 0 Å². The lowest BCUT2D eigenvalue weighted by Crippen LogP contribution is -2.00. The van der Waals surface area contributed by atoms with E-state index < -0.39 is 0 Å². The van der Waals surface area contributed by atoms with Crippen LogP contribution in [0.4, 0.5) is 0 Å². The molecule has 0 saturated heterocycles. The van der Waals surface area contributed by atoms with Crippen LogP contribution >= 0.6 is 0 Å². The molecule has 5 nitrogen and oxygen atoms in total. The fourth-order valence-corrected chi connectivity index (χ4v) is 2.66. The number of aromatic nitrogens is 4. The number of hydrogen-bond acceptors (Lipinski definition) is 4. The number of fused-ring (bicyclic) bond motifs is 1. The summed E-state index contributed by atoms with van der Waals surface area (Å²) in [5, 5.41) is 14.5. The van der Waals surface area contributed by atoms with Crippen molar-refractivity contribution in [3.05, 3.63) is 72.2 Å². The highest BCUT2D eigenvalue weighted by Crippen LogP contribution is 2.24. The van der Waals surface area contributed by atoms with Crippen LogP contribution in [0.1, 0.15) is 11.4 Å². The number of nitrogens with zero attached hydrogens (tertiary/aromatic N) is 5. The van der Waals surface area contributed by atoms with Crippen molar-refractivity contribution in [2.24, 2.45) is 0 Å². The maximum Gasteiger partial charge on any atom is 0.154 e. The van der Waals surface area contributed by atoms with Crippen molar-refractivity contribution in [3.63, 3.8) is 0 Å². The van der Waals surface area contributed by atoms with E-state index in [1.807, 2.05) is 66.3 Å². The molecule has 0 saturated carbocycles. The summed E-state index contributed by atoms with van der Waals surface area (Å²) in [6.07, 6.45) is 1.82. The van der Waals surface area contributed by atoms with Crippen LogP contribution in [0.15, 0.2) is 60.8 Å². The number of benzene rings is 1. The zero-order chi connectivity index (χ0) is 16.5. The van der Waals surface area contributed by atoms with Crippen LogP contribution in [0.25, 0.3) is 28.0 Å². The summed E-state index contributed by atoms with van der Waals surface area (Å²) in [5.74, 6) is 0.779. The Balaban J connectivity index is 1.89. The fourth-order valence-electron chi connectivity index (χ4n) is 2.66. The van der Waals surface area contributed by atoms with Crippen molar-refractivity contribution in [1.82, 2.24) is 19.7 Å². The van der Waals surface area contributed by atoms with Gasteiger partial charge in [-0.1, -0.05) is 24.3 Å². The van der Waals surface area contributed by atoms with E-state index in [0.29, 0.717) is 5.69 Å². The maximum absolute atomic E-state index is 9.03. The van der Waals surface area contributed by atoms with Crippen LogP contribution in [0.3, 0.4) is 0 Å². The molecule has 0 aliphatic rings. The van der Waals surface area contributed by atoms with Crippen LogP contribution in [-0.4, -0.2) is 19.7 Å². The maximum atomic E-state index is 9.03.